The van der Waals surface area contributed by atoms with Gasteiger partial charge in [0.1, 0.15) is 0 Å². The van der Waals surface area contributed by atoms with Crippen LogP contribution in [0, 0.1) is 0 Å². The average molecular weight is 340 g/mol. The second-order valence-corrected chi connectivity index (χ2v) is 8.80. The van der Waals surface area contributed by atoms with E-state index in [1.54, 1.807) is 6.92 Å². The van der Waals surface area contributed by atoms with E-state index in [9.17, 15) is 21.6 Å². The molecule has 6 nitrogen and oxygen atoms in total. The Bertz CT molecular complexity index is 690. The molecule has 1 rings (SSSR count). The van der Waals surface area contributed by atoms with Crippen LogP contribution in [0.1, 0.15) is 17.3 Å². The molecule has 0 saturated heterocycles. The molecule has 9 heteroatoms. The van der Waals surface area contributed by atoms with Crippen molar-refractivity contribution in [2.75, 3.05) is 19.8 Å². The third-order valence-electron chi connectivity index (χ3n) is 2.66. The molecule has 0 saturated carbocycles. The molecule has 0 unspecified atom stereocenters. The molecule has 0 atom stereocenters. The zero-order chi connectivity index (χ0) is 15.7. The molecule has 0 aromatic heterocycles. The Morgan fingerprint density at radius 3 is 2.05 bits per heavy atom. The van der Waals surface area contributed by atoms with Gasteiger partial charge in [-0.05, 0) is 25.1 Å². The van der Waals surface area contributed by atoms with Crippen molar-refractivity contribution in [2.24, 2.45) is 0 Å². The number of hydrogen-bond donors (Lipinski definition) is 0. The van der Waals surface area contributed by atoms with E-state index in [2.05, 4.69) is 0 Å². The zero-order valence-corrected chi connectivity index (χ0v) is 13.5. The predicted molar refractivity (Wildman–Crippen MR) is 75.2 cm³/mol. The molecule has 1 amide bonds. The van der Waals surface area contributed by atoms with E-state index in [0.29, 0.717) is 6.54 Å². The number of amides is 1. The van der Waals surface area contributed by atoms with Gasteiger partial charge in [0.05, 0.1) is 9.79 Å². The Hall–Kier alpha value is -1.12. The smallest absolute Gasteiger partial charge is 0.261 e. The minimum atomic E-state index is -4.14. The van der Waals surface area contributed by atoms with Gasteiger partial charge in [0.15, 0.2) is 9.84 Å². The summed E-state index contributed by atoms with van der Waals surface area (Å²) in [5.41, 5.74) is -0.0449. The van der Waals surface area contributed by atoms with Crippen molar-refractivity contribution < 1.29 is 21.6 Å². The van der Waals surface area contributed by atoms with E-state index in [-0.39, 0.29) is 10.5 Å². The van der Waals surface area contributed by atoms with Gasteiger partial charge in [-0.1, -0.05) is 0 Å². The van der Waals surface area contributed by atoms with Gasteiger partial charge >= 0.3 is 0 Å². The van der Waals surface area contributed by atoms with E-state index in [1.165, 1.54) is 11.9 Å². The van der Waals surface area contributed by atoms with Crippen molar-refractivity contribution >= 4 is 35.5 Å². The fourth-order valence-corrected chi connectivity index (χ4v) is 2.97. The first-order valence-electron chi connectivity index (χ1n) is 5.52. The van der Waals surface area contributed by atoms with Crippen LogP contribution in [-0.2, 0) is 18.9 Å². The number of hydrogen-bond acceptors (Lipinski definition) is 5. The summed E-state index contributed by atoms with van der Waals surface area (Å²) in [5.74, 6) is -0.487. The maximum absolute atomic E-state index is 12.0. The van der Waals surface area contributed by atoms with Gasteiger partial charge in [0, 0.05) is 36.1 Å². The molecule has 0 fully saturated rings. The van der Waals surface area contributed by atoms with Crippen LogP contribution in [0.25, 0.3) is 0 Å². The van der Waals surface area contributed by atoms with Gasteiger partial charge in [-0.25, -0.2) is 16.8 Å². The quantitative estimate of drug-likeness (QED) is 0.767. The van der Waals surface area contributed by atoms with Crippen molar-refractivity contribution in [2.45, 2.75) is 16.7 Å². The summed E-state index contributed by atoms with van der Waals surface area (Å²) in [6, 6.07) is 3.13. The lowest BCUT2D eigenvalue weighted by atomic mass is 10.2. The minimum absolute atomic E-state index is 0.0449. The third-order valence-corrected chi connectivity index (χ3v) is 5.08. The maximum Gasteiger partial charge on any atom is 0.261 e. The molecule has 0 heterocycles. The van der Waals surface area contributed by atoms with Crippen LogP contribution in [0.5, 0.6) is 0 Å². The number of benzene rings is 1. The summed E-state index contributed by atoms with van der Waals surface area (Å²) in [6.07, 6.45) is 0.921. The molecule has 1 aromatic carbocycles. The first-order valence-corrected chi connectivity index (χ1v) is 9.72. The summed E-state index contributed by atoms with van der Waals surface area (Å²) in [6.45, 7) is 2.13. The Balaban J connectivity index is 3.59. The van der Waals surface area contributed by atoms with Crippen LogP contribution in [0.3, 0.4) is 0 Å². The summed E-state index contributed by atoms with van der Waals surface area (Å²) in [7, 11) is -1.06. The molecule has 0 aliphatic rings. The Morgan fingerprint density at radius 1 is 1.15 bits per heavy atom. The number of sulfone groups is 1. The molecule has 0 bridgehead atoms. The van der Waals surface area contributed by atoms with E-state index in [1.807, 2.05) is 0 Å². The van der Waals surface area contributed by atoms with Gasteiger partial charge < -0.3 is 4.90 Å². The fraction of sp³-hybridized carbons (Fsp3) is 0.364. The monoisotopic (exact) mass is 339 g/mol. The van der Waals surface area contributed by atoms with Gasteiger partial charge in [-0.15, -0.1) is 0 Å². The average Bonchev–Trinajstić information content (AvgIpc) is 2.34. The van der Waals surface area contributed by atoms with Crippen molar-refractivity contribution in [1.82, 2.24) is 4.90 Å². The molecular weight excluding hydrogens is 326 g/mol. The molecule has 0 aliphatic heterocycles. The van der Waals surface area contributed by atoms with E-state index >= 15 is 0 Å². The van der Waals surface area contributed by atoms with Gasteiger partial charge in [-0.3, -0.25) is 4.79 Å². The fourth-order valence-electron chi connectivity index (χ4n) is 1.41. The first-order chi connectivity index (χ1) is 8.96. The highest BCUT2D eigenvalue weighted by Crippen LogP contribution is 2.22. The topological polar surface area (TPSA) is 88.6 Å². The lowest BCUT2D eigenvalue weighted by Crippen LogP contribution is -2.26. The SMILES string of the molecule is CCN(C)C(=O)c1cc(S(C)(=O)=O)cc(S(=O)(=O)Cl)c1. The molecule has 0 spiro atoms. The molecule has 0 radical (unpaired) electrons. The predicted octanol–water partition coefficient (Wildman–Crippen LogP) is 1.11. The molecule has 0 N–H and O–H groups in total. The molecule has 20 heavy (non-hydrogen) atoms. The summed E-state index contributed by atoms with van der Waals surface area (Å²) >= 11 is 0. The van der Waals surface area contributed by atoms with Crippen LogP contribution in [-0.4, -0.2) is 47.5 Å². The normalized spacial score (nSPS) is 12.2. The van der Waals surface area contributed by atoms with Gasteiger partial charge in [0.2, 0.25) is 0 Å². The van der Waals surface area contributed by atoms with Crippen molar-refractivity contribution in [3.8, 4) is 0 Å². The first kappa shape index (κ1) is 16.9. The Morgan fingerprint density at radius 2 is 1.65 bits per heavy atom. The highest BCUT2D eigenvalue weighted by Gasteiger charge is 2.20. The highest BCUT2D eigenvalue weighted by molar-refractivity contribution is 8.13. The largest absolute Gasteiger partial charge is 0.342 e. The van der Waals surface area contributed by atoms with Crippen LogP contribution < -0.4 is 0 Å². The van der Waals surface area contributed by atoms with E-state index < -0.39 is 29.7 Å². The van der Waals surface area contributed by atoms with Crippen LogP contribution in [0.4, 0.5) is 0 Å². The second-order valence-electron chi connectivity index (χ2n) is 4.22. The molecule has 0 aliphatic carbocycles. The maximum atomic E-state index is 12.0. The van der Waals surface area contributed by atoms with Gasteiger partial charge in [0.25, 0.3) is 15.0 Å². The summed E-state index contributed by atoms with van der Waals surface area (Å²) < 4.78 is 45.9. The number of nitrogens with zero attached hydrogens (tertiary/aromatic N) is 1. The number of halogens is 1. The summed E-state index contributed by atoms with van der Waals surface area (Å²) in [5, 5.41) is 0. The van der Waals surface area contributed by atoms with Crippen molar-refractivity contribution in [1.29, 1.82) is 0 Å². The Kier molecular flexibility index (Phi) is 4.83. The van der Waals surface area contributed by atoms with Crippen LogP contribution in [0.2, 0.25) is 0 Å². The summed E-state index contributed by atoms with van der Waals surface area (Å²) in [4.78, 5) is 12.7. The van der Waals surface area contributed by atoms with E-state index in [4.69, 9.17) is 10.7 Å². The number of carbonyl (C=O) groups is 1. The van der Waals surface area contributed by atoms with Crippen molar-refractivity contribution in [3.63, 3.8) is 0 Å². The third kappa shape index (κ3) is 3.94. The zero-order valence-electron chi connectivity index (χ0n) is 11.1. The molecule has 112 valence electrons. The molecule has 1 aromatic rings. The highest BCUT2D eigenvalue weighted by atomic mass is 35.7. The second kappa shape index (κ2) is 5.71. The van der Waals surface area contributed by atoms with E-state index in [0.717, 1.165) is 24.5 Å². The van der Waals surface area contributed by atoms with Gasteiger partial charge in [-0.2, -0.15) is 0 Å². The van der Waals surface area contributed by atoms with Crippen LogP contribution in [0.15, 0.2) is 28.0 Å². The lowest BCUT2D eigenvalue weighted by Gasteiger charge is -2.15. The minimum Gasteiger partial charge on any atom is -0.342 e. The number of rotatable bonds is 4. The van der Waals surface area contributed by atoms with Crippen LogP contribution >= 0.6 is 10.7 Å². The van der Waals surface area contributed by atoms with Crippen molar-refractivity contribution in [3.05, 3.63) is 23.8 Å². The lowest BCUT2D eigenvalue weighted by molar-refractivity contribution is 0.0802. The number of carbonyl (C=O) groups excluding carboxylic acids is 1. The molecular formula is C11H14ClNO5S2. The Labute approximate surface area is 122 Å². The standard InChI is InChI=1S/C11H14ClNO5S2/c1-4-13(2)11(14)8-5-9(19(3,15)16)7-10(6-8)20(12,17)18/h5-7H,4H2,1-3H3.